The van der Waals surface area contributed by atoms with Gasteiger partial charge in [0.05, 0.1) is 6.67 Å². The van der Waals surface area contributed by atoms with E-state index in [0.717, 1.165) is 5.56 Å². The molecule has 0 saturated carbocycles. The molecule has 1 heterocycles. The lowest BCUT2D eigenvalue weighted by Gasteiger charge is -2.26. The van der Waals surface area contributed by atoms with E-state index in [4.69, 9.17) is 5.73 Å². The maximum absolute atomic E-state index is 13.2. The molecule has 2 N–H and O–H groups in total. The molecule has 0 spiro atoms. The standard InChI is InChI=1S/C21H20F3N3O2/c1-27-18(28)21(26-20(27)25,15-8-10-17(11-9-15)29-19(23)24)16-7-4-6-14(13-16)5-2-3-12-22/h2,4-11,13,19H,3,12H2,1H3,(H2,25,26). The van der Waals surface area contributed by atoms with Crippen LogP contribution in [-0.4, -0.2) is 37.1 Å². The summed E-state index contributed by atoms with van der Waals surface area (Å²) in [5.74, 6) is -0.360. The number of hydrogen-bond donors (Lipinski definition) is 1. The van der Waals surface area contributed by atoms with Gasteiger partial charge in [0.15, 0.2) is 11.5 Å². The lowest BCUT2D eigenvalue weighted by atomic mass is 9.82. The lowest BCUT2D eigenvalue weighted by molar-refractivity contribution is -0.129. The van der Waals surface area contributed by atoms with Gasteiger partial charge in [-0.15, -0.1) is 0 Å². The first-order chi connectivity index (χ1) is 13.9. The van der Waals surface area contributed by atoms with Crippen molar-refractivity contribution in [1.29, 1.82) is 0 Å². The number of allylic oxidation sites excluding steroid dienone is 1. The second kappa shape index (κ2) is 8.38. The minimum absolute atomic E-state index is 0.0300. The zero-order valence-corrected chi connectivity index (χ0v) is 15.7. The SMILES string of the molecule is CN1C(=O)C(c2ccc(OC(F)F)cc2)(c2cccc(C=CCCF)c2)N=C1N. The largest absolute Gasteiger partial charge is 0.435 e. The molecule has 29 heavy (non-hydrogen) atoms. The third-order valence-electron chi connectivity index (χ3n) is 4.63. The Morgan fingerprint density at radius 2 is 1.93 bits per heavy atom. The Hall–Kier alpha value is -3.29. The highest BCUT2D eigenvalue weighted by Gasteiger charge is 2.49. The van der Waals surface area contributed by atoms with Gasteiger partial charge in [-0.3, -0.25) is 14.1 Å². The average molecular weight is 403 g/mol. The number of guanidine groups is 1. The molecule has 0 bridgehead atoms. The zero-order valence-electron chi connectivity index (χ0n) is 15.7. The van der Waals surface area contributed by atoms with E-state index in [-0.39, 0.29) is 24.0 Å². The number of amides is 1. The molecule has 0 fully saturated rings. The predicted octanol–water partition coefficient (Wildman–Crippen LogP) is 3.69. The molecule has 5 nitrogen and oxygen atoms in total. The topological polar surface area (TPSA) is 67.9 Å². The Morgan fingerprint density at radius 3 is 2.52 bits per heavy atom. The molecule has 0 radical (unpaired) electrons. The van der Waals surface area contributed by atoms with Crippen LogP contribution >= 0.6 is 0 Å². The summed E-state index contributed by atoms with van der Waals surface area (Å²) in [7, 11) is 1.52. The van der Waals surface area contributed by atoms with Crippen LogP contribution in [0, 0.1) is 0 Å². The first kappa shape index (κ1) is 20.4. The third-order valence-corrected chi connectivity index (χ3v) is 4.63. The van der Waals surface area contributed by atoms with E-state index in [1.54, 1.807) is 30.4 Å². The number of likely N-dealkylation sites (N-methyl/N-ethyl adjacent to an activating group) is 1. The fourth-order valence-corrected chi connectivity index (χ4v) is 3.21. The van der Waals surface area contributed by atoms with Gasteiger partial charge in [-0.2, -0.15) is 8.78 Å². The number of nitrogens with two attached hydrogens (primary N) is 1. The maximum Gasteiger partial charge on any atom is 0.387 e. The molecule has 1 atom stereocenters. The quantitative estimate of drug-likeness (QED) is 0.767. The number of carbonyl (C=O) groups excluding carboxylic acids is 1. The van der Waals surface area contributed by atoms with Gasteiger partial charge >= 0.3 is 6.61 Å². The van der Waals surface area contributed by atoms with Gasteiger partial charge in [-0.1, -0.05) is 42.5 Å². The normalized spacial score (nSPS) is 19.3. The summed E-state index contributed by atoms with van der Waals surface area (Å²) >= 11 is 0. The van der Waals surface area contributed by atoms with Crippen molar-refractivity contribution >= 4 is 17.9 Å². The van der Waals surface area contributed by atoms with E-state index < -0.39 is 18.8 Å². The number of nitrogens with zero attached hydrogens (tertiary/aromatic N) is 2. The Kier molecular flexibility index (Phi) is 5.91. The molecular formula is C21H20F3N3O2. The summed E-state index contributed by atoms with van der Waals surface area (Å²) < 4.78 is 41.6. The molecule has 8 heteroatoms. The molecule has 1 amide bonds. The Bertz CT molecular complexity index is 944. The summed E-state index contributed by atoms with van der Waals surface area (Å²) in [6, 6.07) is 12.8. The molecule has 3 rings (SSSR count). The van der Waals surface area contributed by atoms with Crippen LogP contribution in [0.1, 0.15) is 23.1 Å². The molecule has 1 aliphatic rings. The van der Waals surface area contributed by atoms with Crippen LogP contribution in [0.3, 0.4) is 0 Å². The second-order valence-corrected chi connectivity index (χ2v) is 6.45. The average Bonchev–Trinajstić information content (AvgIpc) is 2.93. The minimum Gasteiger partial charge on any atom is -0.435 e. The van der Waals surface area contributed by atoms with Crippen LogP contribution in [-0.2, 0) is 10.3 Å². The molecule has 1 unspecified atom stereocenters. The number of benzene rings is 2. The monoisotopic (exact) mass is 403 g/mol. The molecule has 1 aliphatic heterocycles. The smallest absolute Gasteiger partial charge is 0.387 e. The highest BCUT2D eigenvalue weighted by Crippen LogP contribution is 2.40. The van der Waals surface area contributed by atoms with Crippen molar-refractivity contribution in [3.63, 3.8) is 0 Å². The Morgan fingerprint density at radius 1 is 1.21 bits per heavy atom. The number of carbonyl (C=O) groups is 1. The summed E-state index contributed by atoms with van der Waals surface area (Å²) in [5, 5.41) is 0. The lowest BCUT2D eigenvalue weighted by Crippen LogP contribution is -2.41. The van der Waals surface area contributed by atoms with Crippen LogP contribution in [0.5, 0.6) is 5.75 Å². The Labute approximate surface area is 166 Å². The van der Waals surface area contributed by atoms with Gasteiger partial charge in [0.1, 0.15) is 5.75 Å². The van der Waals surface area contributed by atoms with Crippen molar-refractivity contribution in [2.24, 2.45) is 10.7 Å². The molecule has 2 aromatic rings. The summed E-state index contributed by atoms with van der Waals surface area (Å²) in [6.45, 7) is -3.41. The van der Waals surface area contributed by atoms with Gasteiger partial charge in [-0.25, -0.2) is 4.99 Å². The molecule has 0 aromatic heterocycles. The first-order valence-corrected chi connectivity index (χ1v) is 8.90. The summed E-state index contributed by atoms with van der Waals surface area (Å²) in [5.41, 5.74) is 6.26. The zero-order chi connectivity index (χ0) is 21.0. The van der Waals surface area contributed by atoms with E-state index in [9.17, 15) is 18.0 Å². The van der Waals surface area contributed by atoms with Crippen LogP contribution in [0.2, 0.25) is 0 Å². The van der Waals surface area contributed by atoms with Crippen molar-refractivity contribution in [3.05, 3.63) is 71.3 Å². The van der Waals surface area contributed by atoms with Gasteiger partial charge in [0.25, 0.3) is 5.91 Å². The minimum atomic E-state index is -2.95. The van der Waals surface area contributed by atoms with Crippen molar-refractivity contribution in [3.8, 4) is 5.75 Å². The number of alkyl halides is 3. The fourth-order valence-electron chi connectivity index (χ4n) is 3.21. The van der Waals surface area contributed by atoms with Crippen LogP contribution < -0.4 is 10.5 Å². The maximum atomic E-state index is 13.2. The number of hydrogen-bond acceptors (Lipinski definition) is 4. The number of ether oxygens (including phenoxy) is 1. The molecule has 152 valence electrons. The first-order valence-electron chi connectivity index (χ1n) is 8.90. The van der Waals surface area contributed by atoms with Crippen molar-refractivity contribution in [2.45, 2.75) is 18.6 Å². The van der Waals surface area contributed by atoms with Crippen LogP contribution in [0.15, 0.2) is 59.6 Å². The van der Waals surface area contributed by atoms with Gasteiger partial charge in [0.2, 0.25) is 0 Å². The fraction of sp³-hybridized carbons (Fsp3) is 0.238. The van der Waals surface area contributed by atoms with Crippen LogP contribution in [0.25, 0.3) is 6.08 Å². The van der Waals surface area contributed by atoms with Crippen molar-refractivity contribution < 1.29 is 22.7 Å². The molecule has 0 aliphatic carbocycles. The van der Waals surface area contributed by atoms with E-state index in [1.807, 2.05) is 6.07 Å². The Balaban J connectivity index is 2.09. The van der Waals surface area contributed by atoms with Crippen molar-refractivity contribution in [1.82, 2.24) is 4.90 Å². The third kappa shape index (κ3) is 3.96. The summed E-state index contributed by atoms with van der Waals surface area (Å²) in [4.78, 5) is 18.9. The highest BCUT2D eigenvalue weighted by molar-refractivity contribution is 6.09. The summed E-state index contributed by atoms with van der Waals surface area (Å²) in [6.07, 6.45) is 3.74. The van der Waals surface area contributed by atoms with Gasteiger partial charge in [0, 0.05) is 7.05 Å². The van der Waals surface area contributed by atoms with Crippen LogP contribution in [0.4, 0.5) is 13.2 Å². The molecule has 0 saturated heterocycles. The predicted molar refractivity (Wildman–Crippen MR) is 104 cm³/mol. The number of halogens is 3. The van der Waals surface area contributed by atoms with E-state index in [2.05, 4.69) is 9.73 Å². The van der Waals surface area contributed by atoms with E-state index >= 15 is 0 Å². The van der Waals surface area contributed by atoms with Crippen molar-refractivity contribution in [2.75, 3.05) is 13.7 Å². The molecular weight excluding hydrogens is 383 g/mol. The van der Waals surface area contributed by atoms with Gasteiger partial charge in [-0.05, 0) is 41.3 Å². The highest BCUT2D eigenvalue weighted by atomic mass is 19.3. The van der Waals surface area contributed by atoms with E-state index in [1.165, 1.54) is 36.2 Å². The van der Waals surface area contributed by atoms with Gasteiger partial charge < -0.3 is 10.5 Å². The number of aliphatic imine (C=N–C) groups is 1. The van der Waals surface area contributed by atoms with E-state index in [0.29, 0.717) is 11.1 Å². The molecule has 2 aromatic carbocycles. The number of rotatable bonds is 7. The second-order valence-electron chi connectivity index (χ2n) is 6.45.